The molecule has 0 spiro atoms. The van der Waals surface area contributed by atoms with E-state index in [1.807, 2.05) is 68.4 Å². The van der Waals surface area contributed by atoms with Gasteiger partial charge in [-0.05, 0) is 36.0 Å². The third-order valence-electron chi connectivity index (χ3n) is 5.73. The zero-order chi connectivity index (χ0) is 24.9. The Morgan fingerprint density at radius 3 is 2.21 bits per heavy atom. The van der Waals surface area contributed by atoms with Gasteiger partial charge in [0.1, 0.15) is 17.3 Å². The second-order valence-corrected chi connectivity index (χ2v) is 9.27. The van der Waals surface area contributed by atoms with Gasteiger partial charge >= 0.3 is 5.97 Å². The molecule has 34 heavy (non-hydrogen) atoms. The van der Waals surface area contributed by atoms with Crippen LogP contribution in [0.1, 0.15) is 54.4 Å². The van der Waals surface area contributed by atoms with E-state index >= 15 is 0 Å². The summed E-state index contributed by atoms with van der Waals surface area (Å²) in [6.07, 6.45) is 0.145. The Bertz CT molecular complexity index is 1220. The number of benzene rings is 2. The van der Waals surface area contributed by atoms with Crippen LogP contribution in [0.15, 0.2) is 54.6 Å². The van der Waals surface area contributed by atoms with Gasteiger partial charge in [0, 0.05) is 12.6 Å². The quantitative estimate of drug-likeness (QED) is 0.203. The van der Waals surface area contributed by atoms with Gasteiger partial charge in [0.05, 0.1) is 12.1 Å². The molecule has 0 unspecified atom stereocenters. The van der Waals surface area contributed by atoms with E-state index in [2.05, 4.69) is 31.9 Å². The summed E-state index contributed by atoms with van der Waals surface area (Å²) >= 11 is 0. The van der Waals surface area contributed by atoms with Crippen LogP contribution in [-0.4, -0.2) is 22.5 Å². The lowest BCUT2D eigenvalue weighted by Crippen LogP contribution is -2.13. The number of carbonyl (C=O) groups excluding carboxylic acids is 1. The van der Waals surface area contributed by atoms with Crippen molar-refractivity contribution in [1.29, 1.82) is 5.26 Å². The maximum atomic E-state index is 12.3. The molecule has 6 nitrogen and oxygen atoms in total. The molecule has 0 aliphatic heterocycles. The van der Waals surface area contributed by atoms with Gasteiger partial charge in [-0.2, -0.15) is 10.4 Å². The Morgan fingerprint density at radius 1 is 1.03 bits per heavy atom. The van der Waals surface area contributed by atoms with E-state index in [1.54, 1.807) is 11.7 Å². The molecule has 0 fully saturated rings. The van der Waals surface area contributed by atoms with Gasteiger partial charge in [-0.3, -0.25) is 9.48 Å². The molecule has 176 valence electrons. The molecule has 2 aromatic carbocycles. The average Bonchev–Trinajstić information content (AvgIpc) is 3.04. The molecule has 0 radical (unpaired) electrons. The highest BCUT2D eigenvalue weighted by atomic mass is 16.7. The van der Waals surface area contributed by atoms with E-state index in [1.165, 1.54) is 5.56 Å². The molecule has 0 saturated heterocycles. The number of hydrogen-bond donors (Lipinski definition) is 0. The van der Waals surface area contributed by atoms with Crippen molar-refractivity contribution in [3.05, 3.63) is 88.2 Å². The molecule has 0 N–H and O–H groups in total. The average molecular weight is 458 g/mol. The van der Waals surface area contributed by atoms with Crippen LogP contribution < -0.4 is 0 Å². The van der Waals surface area contributed by atoms with Crippen LogP contribution in [0.2, 0.25) is 0 Å². The van der Waals surface area contributed by atoms with Crippen LogP contribution in [0.3, 0.4) is 0 Å². The number of rotatable bonds is 7. The molecule has 3 aromatic rings. The van der Waals surface area contributed by atoms with Crippen LogP contribution >= 0.6 is 0 Å². The van der Waals surface area contributed by atoms with Gasteiger partial charge < -0.3 is 9.47 Å². The van der Waals surface area contributed by atoms with Crippen molar-refractivity contribution in [2.24, 2.45) is 7.05 Å². The summed E-state index contributed by atoms with van der Waals surface area (Å²) in [4.78, 5) is 12.3. The van der Waals surface area contributed by atoms with E-state index < -0.39 is 5.97 Å². The van der Waals surface area contributed by atoms with E-state index in [4.69, 9.17) is 9.47 Å². The summed E-state index contributed by atoms with van der Waals surface area (Å²) in [5.41, 5.74) is 5.50. The lowest BCUT2D eigenvalue weighted by molar-refractivity contribution is -0.150. The van der Waals surface area contributed by atoms with Crippen LogP contribution in [-0.2, 0) is 33.2 Å². The van der Waals surface area contributed by atoms with Crippen LogP contribution in [0.4, 0.5) is 0 Å². The minimum atomic E-state index is -0.406. The van der Waals surface area contributed by atoms with E-state index in [0.717, 1.165) is 22.4 Å². The summed E-state index contributed by atoms with van der Waals surface area (Å²) < 4.78 is 13.0. The second-order valence-electron chi connectivity index (χ2n) is 9.27. The summed E-state index contributed by atoms with van der Waals surface area (Å²) in [5.74, 6) is -0.0735. The van der Waals surface area contributed by atoms with Crippen molar-refractivity contribution in [1.82, 2.24) is 9.78 Å². The molecule has 0 bridgehead atoms. The minimum absolute atomic E-state index is 0.00290. The summed E-state index contributed by atoms with van der Waals surface area (Å²) in [6.45, 7) is 9.95. The number of allylic oxidation sites excluding steroid dienone is 1. The normalized spacial score (nSPS) is 12.0. The van der Waals surface area contributed by atoms with Crippen LogP contribution in [0, 0.1) is 25.2 Å². The van der Waals surface area contributed by atoms with Crippen molar-refractivity contribution in [2.45, 2.75) is 46.5 Å². The molecular formula is C28H31N3O3. The van der Waals surface area contributed by atoms with Gasteiger partial charge in [0.15, 0.2) is 5.76 Å². The number of nitriles is 1. The van der Waals surface area contributed by atoms with E-state index in [0.29, 0.717) is 17.0 Å². The van der Waals surface area contributed by atoms with Gasteiger partial charge in [-0.1, -0.05) is 75.4 Å². The zero-order valence-electron chi connectivity index (χ0n) is 20.7. The molecule has 3 rings (SSSR count). The number of aromatic nitrogens is 2. The number of esters is 1. The largest absolute Gasteiger partial charge is 0.454 e. The summed E-state index contributed by atoms with van der Waals surface area (Å²) in [5, 5.41) is 14.6. The molecule has 0 aliphatic carbocycles. The number of nitrogens with zero attached hydrogens (tertiary/aromatic N) is 3. The van der Waals surface area contributed by atoms with Crippen LogP contribution in [0.25, 0.3) is 11.3 Å². The molecule has 0 amide bonds. The first-order valence-corrected chi connectivity index (χ1v) is 11.2. The maximum absolute atomic E-state index is 12.3. The first-order valence-electron chi connectivity index (χ1n) is 11.2. The lowest BCUT2D eigenvalue weighted by atomic mass is 9.86. The van der Waals surface area contributed by atoms with Gasteiger partial charge in [-0.25, -0.2) is 0 Å². The maximum Gasteiger partial charge on any atom is 0.313 e. The Balaban J connectivity index is 1.92. The van der Waals surface area contributed by atoms with Crippen LogP contribution in [0.5, 0.6) is 0 Å². The Morgan fingerprint density at radius 2 is 1.68 bits per heavy atom. The number of hydrogen-bond acceptors (Lipinski definition) is 5. The first-order chi connectivity index (χ1) is 16.1. The Kier molecular flexibility index (Phi) is 7.57. The topological polar surface area (TPSA) is 77.1 Å². The molecule has 0 aliphatic rings. The van der Waals surface area contributed by atoms with Crippen molar-refractivity contribution in [3.8, 4) is 6.07 Å². The lowest BCUT2D eigenvalue weighted by Gasteiger charge is -2.19. The second kappa shape index (κ2) is 10.4. The fourth-order valence-electron chi connectivity index (χ4n) is 3.69. The minimum Gasteiger partial charge on any atom is -0.454 e. The molecule has 6 heteroatoms. The molecule has 1 aromatic heterocycles. The van der Waals surface area contributed by atoms with E-state index in [-0.39, 0.29) is 18.6 Å². The first kappa shape index (κ1) is 24.8. The van der Waals surface area contributed by atoms with E-state index in [9.17, 15) is 10.1 Å². The monoisotopic (exact) mass is 457 g/mol. The number of ether oxygens (including phenoxy) is 2. The highest BCUT2D eigenvalue weighted by Crippen LogP contribution is 2.31. The Hall–Kier alpha value is -3.85. The molecular weight excluding hydrogens is 426 g/mol. The predicted octanol–water partition coefficient (Wildman–Crippen LogP) is 5.49. The van der Waals surface area contributed by atoms with Crippen molar-refractivity contribution >= 4 is 17.3 Å². The predicted molar refractivity (Wildman–Crippen MR) is 132 cm³/mol. The fraction of sp³-hybridized carbons (Fsp3) is 0.321. The SMILES string of the molecule is Cc1nn(C)c(/C(OCOC(=O)Cc2ccccc2)=C(\C#N)c2ccc(C(C)(C)C)cc2)c1C. The summed E-state index contributed by atoms with van der Waals surface area (Å²) in [6, 6.07) is 19.5. The highest BCUT2D eigenvalue weighted by molar-refractivity contribution is 5.94. The third kappa shape index (κ3) is 5.74. The zero-order valence-corrected chi connectivity index (χ0v) is 20.7. The van der Waals surface area contributed by atoms with Crippen molar-refractivity contribution in [3.63, 3.8) is 0 Å². The molecule has 0 atom stereocenters. The van der Waals surface area contributed by atoms with Crippen molar-refractivity contribution in [2.75, 3.05) is 6.79 Å². The Labute approximate surface area is 201 Å². The fourth-order valence-corrected chi connectivity index (χ4v) is 3.69. The van der Waals surface area contributed by atoms with Crippen molar-refractivity contribution < 1.29 is 14.3 Å². The highest BCUT2D eigenvalue weighted by Gasteiger charge is 2.22. The number of aryl methyl sites for hydroxylation is 2. The van der Waals surface area contributed by atoms with Gasteiger partial charge in [-0.15, -0.1) is 0 Å². The standard InChI is InChI=1S/C28H31N3O3/c1-19-20(2)30-31(6)26(19)27(34-18-33-25(32)16-21-10-8-7-9-11-21)24(17-29)22-12-14-23(15-13-22)28(3,4)5/h7-15H,16,18H2,1-6H3/b27-24-. The van der Waals surface area contributed by atoms with Gasteiger partial charge in [0.25, 0.3) is 0 Å². The third-order valence-corrected chi connectivity index (χ3v) is 5.73. The molecule has 1 heterocycles. The molecule has 0 saturated carbocycles. The smallest absolute Gasteiger partial charge is 0.313 e. The van der Waals surface area contributed by atoms with Gasteiger partial charge in [0.2, 0.25) is 6.79 Å². The number of carbonyl (C=O) groups is 1. The summed E-state index contributed by atoms with van der Waals surface area (Å²) in [7, 11) is 1.80.